The van der Waals surface area contributed by atoms with Crippen LogP contribution in [0.25, 0.3) is 0 Å². The third kappa shape index (κ3) is 3.30. The van der Waals surface area contributed by atoms with Crippen LogP contribution in [-0.2, 0) is 20.9 Å². The molecule has 1 saturated carbocycles. The summed E-state index contributed by atoms with van der Waals surface area (Å²) in [6, 6.07) is 10.1. The van der Waals surface area contributed by atoms with E-state index in [-0.39, 0.29) is 18.0 Å². The Labute approximate surface area is 102 Å². The summed E-state index contributed by atoms with van der Waals surface area (Å²) in [4.78, 5) is 11.4. The Hall–Kier alpha value is -1.35. The Morgan fingerprint density at radius 3 is 2.65 bits per heavy atom. The third-order valence-electron chi connectivity index (χ3n) is 3.04. The van der Waals surface area contributed by atoms with E-state index in [4.69, 9.17) is 9.47 Å². The van der Waals surface area contributed by atoms with Crippen LogP contribution in [0, 0.1) is 5.92 Å². The second-order valence-corrected chi connectivity index (χ2v) is 4.34. The van der Waals surface area contributed by atoms with Crippen molar-refractivity contribution in [3.05, 3.63) is 35.9 Å². The first-order chi connectivity index (χ1) is 8.29. The molecule has 1 aliphatic carbocycles. The molecule has 0 heterocycles. The predicted molar refractivity (Wildman–Crippen MR) is 64.4 cm³/mol. The van der Waals surface area contributed by atoms with E-state index in [0.29, 0.717) is 13.2 Å². The van der Waals surface area contributed by atoms with E-state index < -0.39 is 0 Å². The van der Waals surface area contributed by atoms with Crippen LogP contribution in [0.2, 0.25) is 0 Å². The average molecular weight is 234 g/mol. The van der Waals surface area contributed by atoms with Gasteiger partial charge >= 0.3 is 5.97 Å². The third-order valence-corrected chi connectivity index (χ3v) is 3.04. The Balaban J connectivity index is 1.66. The van der Waals surface area contributed by atoms with Gasteiger partial charge in [-0.1, -0.05) is 30.3 Å². The first kappa shape index (κ1) is 12.1. The summed E-state index contributed by atoms with van der Waals surface area (Å²) < 4.78 is 10.7. The number of ether oxygens (including phenoxy) is 2. The molecule has 2 rings (SSSR count). The monoisotopic (exact) mass is 234 g/mol. The van der Waals surface area contributed by atoms with Crippen LogP contribution in [-0.4, -0.2) is 18.7 Å². The van der Waals surface area contributed by atoms with E-state index in [1.54, 1.807) is 0 Å². The topological polar surface area (TPSA) is 35.5 Å². The molecule has 0 aromatic heterocycles. The lowest BCUT2D eigenvalue weighted by atomic mass is 9.82. The van der Waals surface area contributed by atoms with Gasteiger partial charge < -0.3 is 9.47 Å². The molecule has 1 aromatic carbocycles. The minimum Gasteiger partial charge on any atom is -0.466 e. The van der Waals surface area contributed by atoms with Gasteiger partial charge in [0.15, 0.2) is 0 Å². The zero-order valence-corrected chi connectivity index (χ0v) is 10.1. The maximum Gasteiger partial charge on any atom is 0.309 e. The van der Waals surface area contributed by atoms with E-state index in [2.05, 4.69) is 0 Å². The van der Waals surface area contributed by atoms with E-state index in [1.807, 2.05) is 37.3 Å². The van der Waals surface area contributed by atoms with Crippen LogP contribution in [0.3, 0.4) is 0 Å². The van der Waals surface area contributed by atoms with Crippen molar-refractivity contribution in [3.8, 4) is 0 Å². The number of carbonyl (C=O) groups excluding carboxylic acids is 1. The first-order valence-corrected chi connectivity index (χ1v) is 6.11. The number of hydrogen-bond donors (Lipinski definition) is 0. The Morgan fingerprint density at radius 1 is 1.29 bits per heavy atom. The van der Waals surface area contributed by atoms with Crippen molar-refractivity contribution in [2.75, 3.05) is 6.61 Å². The fourth-order valence-corrected chi connectivity index (χ4v) is 1.94. The molecule has 92 valence electrons. The van der Waals surface area contributed by atoms with Gasteiger partial charge in [0.2, 0.25) is 0 Å². The Kier molecular flexibility index (Phi) is 4.15. The van der Waals surface area contributed by atoms with Gasteiger partial charge in [0.25, 0.3) is 0 Å². The second kappa shape index (κ2) is 5.82. The van der Waals surface area contributed by atoms with Crippen molar-refractivity contribution in [3.63, 3.8) is 0 Å². The van der Waals surface area contributed by atoms with E-state index in [1.165, 1.54) is 5.56 Å². The van der Waals surface area contributed by atoms with Crippen LogP contribution < -0.4 is 0 Å². The molecule has 0 unspecified atom stereocenters. The van der Waals surface area contributed by atoms with Crippen molar-refractivity contribution in [1.82, 2.24) is 0 Å². The molecule has 1 aromatic rings. The summed E-state index contributed by atoms with van der Waals surface area (Å²) >= 11 is 0. The molecule has 1 aliphatic rings. The largest absolute Gasteiger partial charge is 0.466 e. The minimum absolute atomic E-state index is 0.0516. The molecule has 0 aliphatic heterocycles. The maximum atomic E-state index is 11.4. The summed E-state index contributed by atoms with van der Waals surface area (Å²) in [5.74, 6) is -0.0252. The van der Waals surface area contributed by atoms with Gasteiger partial charge in [-0.3, -0.25) is 4.79 Å². The molecular formula is C14H18O3. The number of benzene rings is 1. The van der Waals surface area contributed by atoms with E-state index >= 15 is 0 Å². The predicted octanol–water partition coefficient (Wildman–Crippen LogP) is 2.54. The zero-order chi connectivity index (χ0) is 12.1. The Morgan fingerprint density at radius 2 is 2.00 bits per heavy atom. The van der Waals surface area contributed by atoms with Gasteiger partial charge in [0.05, 0.1) is 25.2 Å². The number of rotatable bonds is 5. The molecule has 0 radical (unpaired) electrons. The van der Waals surface area contributed by atoms with Gasteiger partial charge in [-0.15, -0.1) is 0 Å². The second-order valence-electron chi connectivity index (χ2n) is 4.34. The van der Waals surface area contributed by atoms with Crippen LogP contribution in [0.5, 0.6) is 0 Å². The maximum absolute atomic E-state index is 11.4. The van der Waals surface area contributed by atoms with Crippen LogP contribution >= 0.6 is 0 Å². The molecule has 3 heteroatoms. The molecular weight excluding hydrogens is 216 g/mol. The number of carbonyl (C=O) groups is 1. The lowest BCUT2D eigenvalue weighted by Crippen LogP contribution is -2.37. The van der Waals surface area contributed by atoms with Gasteiger partial charge in [0, 0.05) is 0 Å². The highest BCUT2D eigenvalue weighted by Crippen LogP contribution is 2.31. The van der Waals surface area contributed by atoms with E-state index in [0.717, 1.165) is 12.8 Å². The van der Waals surface area contributed by atoms with Gasteiger partial charge in [-0.2, -0.15) is 0 Å². The highest BCUT2D eigenvalue weighted by atomic mass is 16.5. The van der Waals surface area contributed by atoms with Crippen LogP contribution in [0.1, 0.15) is 25.3 Å². The van der Waals surface area contributed by atoms with Crippen LogP contribution in [0.4, 0.5) is 0 Å². The van der Waals surface area contributed by atoms with Gasteiger partial charge in [0.1, 0.15) is 0 Å². The summed E-state index contributed by atoms with van der Waals surface area (Å²) in [6.45, 7) is 2.92. The van der Waals surface area contributed by atoms with E-state index in [9.17, 15) is 4.79 Å². The highest BCUT2D eigenvalue weighted by Gasteiger charge is 2.36. The standard InChI is InChI=1S/C14H18O3/c1-2-16-14(15)12-8-13(9-12)17-10-11-6-4-3-5-7-11/h3-7,12-13H,2,8-10H2,1H3/t12-,13+. The fourth-order valence-electron chi connectivity index (χ4n) is 1.94. The van der Waals surface area contributed by atoms with Crippen molar-refractivity contribution in [2.45, 2.75) is 32.5 Å². The summed E-state index contributed by atoms with van der Waals surface area (Å²) in [5.41, 5.74) is 1.17. The zero-order valence-electron chi connectivity index (χ0n) is 10.1. The highest BCUT2D eigenvalue weighted by molar-refractivity contribution is 5.73. The molecule has 0 N–H and O–H groups in total. The summed E-state index contributed by atoms with van der Waals surface area (Å²) in [7, 11) is 0. The molecule has 0 bridgehead atoms. The molecule has 3 nitrogen and oxygen atoms in total. The SMILES string of the molecule is CCOC(=O)[C@H]1C[C@@H](OCc2ccccc2)C1. The summed E-state index contributed by atoms with van der Waals surface area (Å²) in [6.07, 6.45) is 1.81. The number of hydrogen-bond acceptors (Lipinski definition) is 3. The van der Waals surface area contributed by atoms with Gasteiger partial charge in [-0.05, 0) is 25.3 Å². The van der Waals surface area contributed by atoms with Crippen LogP contribution in [0.15, 0.2) is 30.3 Å². The average Bonchev–Trinajstić information content (AvgIpc) is 2.28. The van der Waals surface area contributed by atoms with Crippen molar-refractivity contribution in [2.24, 2.45) is 5.92 Å². The summed E-state index contributed by atoms with van der Waals surface area (Å²) in [5, 5.41) is 0. The quantitative estimate of drug-likeness (QED) is 0.734. The fraction of sp³-hybridized carbons (Fsp3) is 0.500. The Bertz CT molecular complexity index is 355. The lowest BCUT2D eigenvalue weighted by molar-refractivity contribution is -0.157. The molecule has 0 saturated heterocycles. The number of esters is 1. The van der Waals surface area contributed by atoms with Crippen molar-refractivity contribution < 1.29 is 14.3 Å². The molecule has 0 spiro atoms. The molecule has 17 heavy (non-hydrogen) atoms. The molecule has 1 fully saturated rings. The lowest BCUT2D eigenvalue weighted by Gasteiger charge is -2.33. The normalized spacial score (nSPS) is 22.9. The van der Waals surface area contributed by atoms with Gasteiger partial charge in [-0.25, -0.2) is 0 Å². The smallest absolute Gasteiger partial charge is 0.309 e. The molecule has 0 amide bonds. The minimum atomic E-state index is -0.0768. The first-order valence-electron chi connectivity index (χ1n) is 6.11. The van der Waals surface area contributed by atoms with Crippen molar-refractivity contribution in [1.29, 1.82) is 0 Å². The van der Waals surface area contributed by atoms with Crippen molar-refractivity contribution >= 4 is 5.97 Å². The molecule has 0 atom stereocenters.